The van der Waals surface area contributed by atoms with Gasteiger partial charge in [0, 0.05) is 13.1 Å². The van der Waals surface area contributed by atoms with E-state index in [0.29, 0.717) is 60.0 Å². The van der Waals surface area contributed by atoms with Crippen LogP contribution in [-0.4, -0.2) is 60.5 Å². The van der Waals surface area contributed by atoms with Gasteiger partial charge in [0.05, 0.1) is 36.3 Å². The molecule has 2 aromatic carbocycles. The molecule has 2 aromatic rings. The molecule has 1 atom stereocenters. The zero-order chi connectivity index (χ0) is 24.9. The predicted octanol–water partition coefficient (Wildman–Crippen LogP) is 4.77. The number of rotatable bonds is 6. The number of amides is 2. The Morgan fingerprint density at radius 2 is 2.00 bits per heavy atom. The topological polar surface area (TPSA) is 71.4 Å². The van der Waals surface area contributed by atoms with Crippen LogP contribution < -0.4 is 9.64 Å². The van der Waals surface area contributed by atoms with Gasteiger partial charge in [0.25, 0.3) is 5.91 Å². The van der Waals surface area contributed by atoms with E-state index in [-0.39, 0.29) is 17.1 Å². The molecule has 0 aliphatic carbocycles. The Labute approximate surface area is 214 Å². The summed E-state index contributed by atoms with van der Waals surface area (Å²) in [6.07, 6.45) is 2.39. The van der Waals surface area contributed by atoms with Crippen molar-refractivity contribution in [3.63, 3.8) is 0 Å². The maximum Gasteiger partial charge on any atom is 0.283 e. The summed E-state index contributed by atoms with van der Waals surface area (Å²) in [5, 5.41) is 0.452. The Morgan fingerprint density at radius 3 is 2.66 bits per heavy atom. The standard InChI is InChI=1S/C26H28ClN3O4S/c1-4-23(25(32)29-11-13-34-14-12-29)35-26-28-21(15-18-8-6-5-7-17(18)2)24(31)30(26)19-9-10-22(33-3)20(27)16-19/h5-10,15-16,23H,4,11-14H2,1-3H3/b21-15-. The van der Waals surface area contributed by atoms with Gasteiger partial charge in [-0.05, 0) is 48.7 Å². The molecule has 2 heterocycles. The monoisotopic (exact) mass is 513 g/mol. The van der Waals surface area contributed by atoms with Gasteiger partial charge in [0.1, 0.15) is 11.4 Å². The lowest BCUT2D eigenvalue weighted by molar-refractivity contribution is -0.134. The van der Waals surface area contributed by atoms with Crippen molar-refractivity contribution in [3.05, 3.63) is 64.3 Å². The van der Waals surface area contributed by atoms with Crippen molar-refractivity contribution < 1.29 is 19.1 Å². The van der Waals surface area contributed by atoms with Gasteiger partial charge in [-0.2, -0.15) is 0 Å². The third-order valence-corrected chi connectivity index (χ3v) is 7.52. The summed E-state index contributed by atoms with van der Waals surface area (Å²) in [5.74, 6) is 0.267. The van der Waals surface area contributed by atoms with E-state index in [1.165, 1.54) is 23.8 Å². The number of aryl methyl sites for hydroxylation is 1. The molecule has 0 spiro atoms. The van der Waals surface area contributed by atoms with E-state index >= 15 is 0 Å². The molecule has 184 valence electrons. The smallest absolute Gasteiger partial charge is 0.283 e. The Morgan fingerprint density at radius 1 is 1.26 bits per heavy atom. The van der Waals surface area contributed by atoms with Gasteiger partial charge in [-0.3, -0.25) is 14.5 Å². The van der Waals surface area contributed by atoms with E-state index in [1.54, 1.807) is 24.3 Å². The van der Waals surface area contributed by atoms with Crippen molar-refractivity contribution in [2.24, 2.45) is 4.99 Å². The van der Waals surface area contributed by atoms with Gasteiger partial charge in [0.2, 0.25) is 5.91 Å². The minimum Gasteiger partial charge on any atom is -0.495 e. The van der Waals surface area contributed by atoms with Gasteiger partial charge in [0.15, 0.2) is 5.17 Å². The lowest BCUT2D eigenvalue weighted by Crippen LogP contribution is -2.45. The molecule has 1 saturated heterocycles. The average molecular weight is 514 g/mol. The number of methoxy groups -OCH3 is 1. The van der Waals surface area contributed by atoms with Crippen LogP contribution in [0.5, 0.6) is 5.75 Å². The van der Waals surface area contributed by atoms with Gasteiger partial charge in [-0.25, -0.2) is 4.99 Å². The Balaban J connectivity index is 1.70. The molecule has 1 unspecified atom stereocenters. The van der Waals surface area contributed by atoms with Gasteiger partial charge in [-0.15, -0.1) is 0 Å². The van der Waals surface area contributed by atoms with E-state index in [4.69, 9.17) is 26.1 Å². The van der Waals surface area contributed by atoms with E-state index in [2.05, 4.69) is 0 Å². The summed E-state index contributed by atoms with van der Waals surface area (Å²) < 4.78 is 10.7. The molecule has 2 aliphatic rings. The number of aliphatic imine (C=N–C) groups is 1. The number of ether oxygens (including phenoxy) is 2. The van der Waals surface area contributed by atoms with Crippen LogP contribution in [0.2, 0.25) is 5.02 Å². The number of nitrogens with zero attached hydrogens (tertiary/aromatic N) is 3. The quantitative estimate of drug-likeness (QED) is 0.520. The van der Waals surface area contributed by atoms with Crippen molar-refractivity contribution in [2.75, 3.05) is 38.3 Å². The maximum atomic E-state index is 13.6. The average Bonchev–Trinajstić information content (AvgIpc) is 3.18. The van der Waals surface area contributed by atoms with E-state index < -0.39 is 0 Å². The van der Waals surface area contributed by atoms with Crippen LogP contribution in [0.1, 0.15) is 24.5 Å². The second-order valence-corrected chi connectivity index (χ2v) is 9.77. The molecule has 1 fully saturated rings. The highest BCUT2D eigenvalue weighted by atomic mass is 35.5. The van der Waals surface area contributed by atoms with E-state index in [0.717, 1.165) is 11.1 Å². The first-order valence-electron chi connectivity index (χ1n) is 11.5. The summed E-state index contributed by atoms with van der Waals surface area (Å²) in [4.78, 5) is 34.9. The minimum absolute atomic E-state index is 0.0278. The molecule has 0 N–H and O–H groups in total. The molecular weight excluding hydrogens is 486 g/mol. The summed E-state index contributed by atoms with van der Waals surface area (Å²) in [6, 6.07) is 13.0. The summed E-state index contributed by atoms with van der Waals surface area (Å²) in [7, 11) is 1.54. The molecule has 9 heteroatoms. The molecule has 0 radical (unpaired) electrons. The van der Waals surface area contributed by atoms with Crippen LogP contribution in [0.3, 0.4) is 0 Å². The Kier molecular flexibility index (Phi) is 8.15. The molecule has 0 bridgehead atoms. The molecular formula is C26H28ClN3O4S. The fourth-order valence-corrected chi connectivity index (χ4v) is 5.28. The number of hydrogen-bond donors (Lipinski definition) is 0. The molecule has 2 aliphatic heterocycles. The normalized spacial score (nSPS) is 18.1. The van der Waals surface area contributed by atoms with Crippen molar-refractivity contribution in [2.45, 2.75) is 25.5 Å². The number of benzene rings is 2. The van der Waals surface area contributed by atoms with Crippen LogP contribution in [-0.2, 0) is 14.3 Å². The molecule has 0 saturated carbocycles. The summed E-state index contributed by atoms with van der Waals surface area (Å²) in [6.45, 7) is 6.15. The Hall–Kier alpha value is -2.81. The number of amidine groups is 1. The molecule has 2 amide bonds. The number of hydrogen-bond acceptors (Lipinski definition) is 6. The molecule has 7 nitrogen and oxygen atoms in total. The van der Waals surface area contributed by atoms with Crippen molar-refractivity contribution >= 4 is 52.1 Å². The number of anilines is 1. The Bertz CT molecular complexity index is 1180. The second kappa shape index (κ2) is 11.3. The summed E-state index contributed by atoms with van der Waals surface area (Å²) >= 11 is 7.68. The number of thioether (sulfide) groups is 1. The largest absolute Gasteiger partial charge is 0.495 e. The first kappa shape index (κ1) is 25.3. The number of carbonyl (C=O) groups is 2. The van der Waals surface area contributed by atoms with Crippen molar-refractivity contribution in [1.82, 2.24) is 4.90 Å². The lowest BCUT2D eigenvalue weighted by Gasteiger charge is -2.30. The molecule has 0 aromatic heterocycles. The third-order valence-electron chi connectivity index (χ3n) is 5.92. The van der Waals surface area contributed by atoms with E-state index in [1.807, 2.05) is 43.0 Å². The predicted molar refractivity (Wildman–Crippen MR) is 141 cm³/mol. The number of carbonyl (C=O) groups excluding carboxylic acids is 2. The second-order valence-electron chi connectivity index (χ2n) is 8.19. The fraction of sp³-hybridized carbons (Fsp3) is 0.346. The number of morpholine rings is 1. The lowest BCUT2D eigenvalue weighted by atomic mass is 10.1. The van der Waals surface area contributed by atoms with Crippen LogP contribution >= 0.6 is 23.4 Å². The van der Waals surface area contributed by atoms with Crippen LogP contribution in [0.4, 0.5) is 5.69 Å². The SMILES string of the molecule is CCC(SC1=N/C(=C\c2ccccc2C)C(=O)N1c1ccc(OC)c(Cl)c1)C(=O)N1CCOCC1. The first-order chi connectivity index (χ1) is 16.9. The summed E-state index contributed by atoms with van der Waals surface area (Å²) in [5.41, 5.74) is 2.82. The van der Waals surface area contributed by atoms with Gasteiger partial charge >= 0.3 is 0 Å². The van der Waals surface area contributed by atoms with E-state index in [9.17, 15) is 9.59 Å². The highest BCUT2D eigenvalue weighted by molar-refractivity contribution is 8.15. The van der Waals surface area contributed by atoms with Crippen molar-refractivity contribution in [1.29, 1.82) is 0 Å². The zero-order valence-corrected chi connectivity index (χ0v) is 21.6. The van der Waals surface area contributed by atoms with Crippen LogP contribution in [0.25, 0.3) is 6.08 Å². The first-order valence-corrected chi connectivity index (χ1v) is 12.8. The van der Waals surface area contributed by atoms with Crippen LogP contribution in [0.15, 0.2) is 53.2 Å². The van der Waals surface area contributed by atoms with Gasteiger partial charge < -0.3 is 14.4 Å². The molecule has 4 rings (SSSR count). The fourth-order valence-electron chi connectivity index (χ4n) is 3.92. The number of halogens is 1. The van der Waals surface area contributed by atoms with Gasteiger partial charge in [-0.1, -0.05) is 54.6 Å². The highest BCUT2D eigenvalue weighted by Crippen LogP contribution is 2.36. The zero-order valence-electron chi connectivity index (χ0n) is 20.0. The van der Waals surface area contributed by atoms with Crippen molar-refractivity contribution in [3.8, 4) is 5.75 Å². The third kappa shape index (κ3) is 5.55. The molecule has 35 heavy (non-hydrogen) atoms. The highest BCUT2D eigenvalue weighted by Gasteiger charge is 2.36. The maximum absolute atomic E-state index is 13.6. The van der Waals surface area contributed by atoms with Crippen LogP contribution in [0, 0.1) is 6.92 Å². The minimum atomic E-state index is -0.381.